The molecule has 1 saturated heterocycles. The average molecular weight is 435 g/mol. The molecule has 0 spiro atoms. The number of unbranched alkanes of at least 4 members (excludes halogenated alkanes) is 1. The van der Waals surface area contributed by atoms with E-state index >= 15 is 0 Å². The molecule has 1 fully saturated rings. The second kappa shape index (κ2) is 10.8. The van der Waals surface area contributed by atoms with Crippen LogP contribution in [0, 0.1) is 12.7 Å². The minimum absolute atomic E-state index is 0.121. The summed E-state index contributed by atoms with van der Waals surface area (Å²) in [6.07, 6.45) is 5.52. The minimum atomic E-state index is -0.121. The van der Waals surface area contributed by atoms with Gasteiger partial charge in [0.05, 0.1) is 17.1 Å². The van der Waals surface area contributed by atoms with Crippen LogP contribution in [0.5, 0.6) is 0 Å². The normalized spacial score (nSPS) is 14.8. The van der Waals surface area contributed by atoms with E-state index in [9.17, 15) is 4.39 Å². The van der Waals surface area contributed by atoms with E-state index in [4.69, 9.17) is 5.10 Å². The van der Waals surface area contributed by atoms with Crippen LogP contribution >= 0.6 is 0 Å². The van der Waals surface area contributed by atoms with Crippen molar-refractivity contribution in [3.05, 3.63) is 77.4 Å². The zero-order valence-corrected chi connectivity index (χ0v) is 19.4. The third kappa shape index (κ3) is 5.57. The van der Waals surface area contributed by atoms with Crippen molar-refractivity contribution >= 4 is 5.69 Å². The number of aryl methyl sites for hydroxylation is 3. The fourth-order valence-electron chi connectivity index (χ4n) is 4.45. The maximum absolute atomic E-state index is 14.1. The van der Waals surface area contributed by atoms with Gasteiger partial charge in [-0.2, -0.15) is 5.10 Å². The van der Waals surface area contributed by atoms with Gasteiger partial charge in [-0.3, -0.25) is 4.90 Å². The molecule has 4 rings (SSSR count). The summed E-state index contributed by atoms with van der Waals surface area (Å²) in [4.78, 5) is 4.67. The molecule has 0 radical (unpaired) electrons. The number of anilines is 1. The van der Waals surface area contributed by atoms with Crippen LogP contribution < -0.4 is 4.90 Å². The summed E-state index contributed by atoms with van der Waals surface area (Å²) in [6.45, 7) is 9.12. The van der Waals surface area contributed by atoms with Crippen LogP contribution in [0.4, 0.5) is 10.1 Å². The number of aromatic nitrogens is 2. The van der Waals surface area contributed by atoms with Crippen LogP contribution in [0.1, 0.15) is 43.1 Å². The number of piperazine rings is 1. The Hall–Kier alpha value is -2.66. The third-order valence-electron chi connectivity index (χ3n) is 6.37. The maximum Gasteiger partial charge on any atom is 0.146 e. The maximum atomic E-state index is 14.1. The summed E-state index contributed by atoms with van der Waals surface area (Å²) in [5, 5.41) is 4.93. The van der Waals surface area contributed by atoms with Gasteiger partial charge < -0.3 is 4.90 Å². The number of para-hydroxylation sites is 1. The highest BCUT2D eigenvalue weighted by molar-refractivity contribution is 5.48. The highest BCUT2D eigenvalue weighted by Gasteiger charge is 2.19. The van der Waals surface area contributed by atoms with Gasteiger partial charge in [0, 0.05) is 31.9 Å². The Labute approximate surface area is 191 Å². The van der Waals surface area contributed by atoms with Crippen molar-refractivity contribution in [2.24, 2.45) is 0 Å². The standard InChI is InChI=1S/C27H35FN4/c1-3-4-8-23-21-25(32(29-23)24-14-12-22(2)13-15-24)9-7-16-30-17-19-31(20-18-30)27-11-6-5-10-26(27)28/h5-6,10-15,21H,3-4,7-9,16-20H2,1-2H3. The molecule has 0 bridgehead atoms. The molecule has 0 aliphatic carbocycles. The van der Waals surface area contributed by atoms with E-state index in [0.29, 0.717) is 0 Å². The van der Waals surface area contributed by atoms with Gasteiger partial charge in [0.2, 0.25) is 0 Å². The fourth-order valence-corrected chi connectivity index (χ4v) is 4.45. The number of hydrogen-bond donors (Lipinski definition) is 0. The molecule has 1 aromatic heterocycles. The second-order valence-corrected chi connectivity index (χ2v) is 8.86. The van der Waals surface area contributed by atoms with Gasteiger partial charge in [0.1, 0.15) is 5.82 Å². The average Bonchev–Trinajstić information content (AvgIpc) is 3.22. The monoisotopic (exact) mass is 434 g/mol. The van der Waals surface area contributed by atoms with Gasteiger partial charge in [-0.05, 0) is 69.5 Å². The molecular formula is C27H35FN4. The molecule has 0 saturated carbocycles. The van der Waals surface area contributed by atoms with E-state index in [1.165, 1.54) is 29.8 Å². The summed E-state index contributed by atoms with van der Waals surface area (Å²) in [5.74, 6) is -0.121. The summed E-state index contributed by atoms with van der Waals surface area (Å²) >= 11 is 0. The smallest absolute Gasteiger partial charge is 0.146 e. The minimum Gasteiger partial charge on any atom is -0.367 e. The summed E-state index contributed by atoms with van der Waals surface area (Å²) in [6, 6.07) is 18.0. The lowest BCUT2D eigenvalue weighted by atomic mass is 10.1. The molecule has 4 nitrogen and oxygen atoms in total. The van der Waals surface area contributed by atoms with E-state index < -0.39 is 0 Å². The Morgan fingerprint density at radius 3 is 2.38 bits per heavy atom. The largest absolute Gasteiger partial charge is 0.367 e. The Balaban J connectivity index is 1.34. The van der Waals surface area contributed by atoms with Crippen molar-refractivity contribution in [3.8, 4) is 5.69 Å². The van der Waals surface area contributed by atoms with Crippen LogP contribution in [0.25, 0.3) is 5.69 Å². The first-order chi connectivity index (χ1) is 15.6. The molecular weight excluding hydrogens is 399 g/mol. The molecule has 2 heterocycles. The summed E-state index contributed by atoms with van der Waals surface area (Å²) in [5.41, 5.74) is 5.63. The molecule has 0 amide bonds. The highest BCUT2D eigenvalue weighted by Crippen LogP contribution is 2.21. The zero-order chi connectivity index (χ0) is 22.3. The molecule has 2 aromatic carbocycles. The van der Waals surface area contributed by atoms with Crippen molar-refractivity contribution in [3.63, 3.8) is 0 Å². The van der Waals surface area contributed by atoms with Gasteiger partial charge >= 0.3 is 0 Å². The van der Waals surface area contributed by atoms with E-state index in [1.807, 2.05) is 12.1 Å². The van der Waals surface area contributed by atoms with Crippen LogP contribution in [-0.4, -0.2) is 47.4 Å². The first-order valence-corrected chi connectivity index (χ1v) is 12.0. The predicted molar refractivity (Wildman–Crippen MR) is 130 cm³/mol. The van der Waals surface area contributed by atoms with Crippen molar-refractivity contribution in [2.75, 3.05) is 37.6 Å². The molecule has 1 aliphatic heterocycles. The zero-order valence-electron chi connectivity index (χ0n) is 19.4. The van der Waals surface area contributed by atoms with Gasteiger partial charge in [-0.25, -0.2) is 9.07 Å². The second-order valence-electron chi connectivity index (χ2n) is 8.86. The van der Waals surface area contributed by atoms with Crippen LogP contribution in [0.3, 0.4) is 0 Å². The van der Waals surface area contributed by atoms with E-state index in [1.54, 1.807) is 12.1 Å². The Bertz CT molecular complexity index is 987. The lowest BCUT2D eigenvalue weighted by molar-refractivity contribution is 0.254. The van der Waals surface area contributed by atoms with Gasteiger partial charge in [0.25, 0.3) is 0 Å². The predicted octanol–water partition coefficient (Wildman–Crippen LogP) is 5.42. The number of rotatable bonds is 9. The molecule has 0 unspecified atom stereocenters. The molecule has 0 atom stereocenters. The van der Waals surface area contributed by atoms with Crippen molar-refractivity contribution < 1.29 is 4.39 Å². The van der Waals surface area contributed by atoms with Crippen LogP contribution in [-0.2, 0) is 12.8 Å². The molecule has 5 heteroatoms. The van der Waals surface area contributed by atoms with Gasteiger partial charge in [-0.15, -0.1) is 0 Å². The van der Waals surface area contributed by atoms with Crippen molar-refractivity contribution in [2.45, 2.75) is 46.0 Å². The fraction of sp³-hybridized carbons (Fsp3) is 0.444. The third-order valence-corrected chi connectivity index (χ3v) is 6.37. The van der Waals surface area contributed by atoms with E-state index in [2.05, 4.69) is 58.7 Å². The number of nitrogens with zero attached hydrogens (tertiary/aromatic N) is 4. The SMILES string of the molecule is CCCCc1cc(CCCN2CCN(c3ccccc3F)CC2)n(-c2ccc(C)cc2)n1. The molecule has 32 heavy (non-hydrogen) atoms. The number of benzene rings is 2. The first kappa shape index (κ1) is 22.5. The number of hydrogen-bond acceptors (Lipinski definition) is 3. The molecule has 170 valence electrons. The lowest BCUT2D eigenvalue weighted by Crippen LogP contribution is -2.47. The summed E-state index contributed by atoms with van der Waals surface area (Å²) < 4.78 is 16.2. The Morgan fingerprint density at radius 1 is 0.906 bits per heavy atom. The van der Waals surface area contributed by atoms with Gasteiger partial charge in [-0.1, -0.05) is 43.2 Å². The Kier molecular flexibility index (Phi) is 7.59. The van der Waals surface area contributed by atoms with Crippen LogP contribution in [0.2, 0.25) is 0 Å². The lowest BCUT2D eigenvalue weighted by Gasteiger charge is -2.36. The first-order valence-electron chi connectivity index (χ1n) is 12.0. The topological polar surface area (TPSA) is 24.3 Å². The van der Waals surface area contributed by atoms with E-state index in [0.717, 1.165) is 63.4 Å². The molecule has 3 aromatic rings. The summed E-state index contributed by atoms with van der Waals surface area (Å²) in [7, 11) is 0. The van der Waals surface area contributed by atoms with Crippen LogP contribution in [0.15, 0.2) is 54.6 Å². The molecule has 1 aliphatic rings. The quantitative estimate of drug-likeness (QED) is 0.450. The van der Waals surface area contributed by atoms with Crippen molar-refractivity contribution in [1.82, 2.24) is 14.7 Å². The van der Waals surface area contributed by atoms with E-state index in [-0.39, 0.29) is 5.82 Å². The van der Waals surface area contributed by atoms with Gasteiger partial charge in [0.15, 0.2) is 0 Å². The Morgan fingerprint density at radius 2 is 1.66 bits per heavy atom. The van der Waals surface area contributed by atoms with Crippen molar-refractivity contribution in [1.29, 1.82) is 0 Å². The molecule has 0 N–H and O–H groups in total. The number of halogens is 1. The highest BCUT2D eigenvalue weighted by atomic mass is 19.1.